The lowest BCUT2D eigenvalue weighted by molar-refractivity contribution is -0.119. The number of furan rings is 1. The molecule has 8 nitrogen and oxygen atoms in total. The first-order valence-corrected chi connectivity index (χ1v) is 8.21. The second kappa shape index (κ2) is 10.1. The Hall–Kier alpha value is -1.94. The number of rotatable bonds is 8. The highest BCUT2D eigenvalue weighted by molar-refractivity contribution is 7.14. The molecule has 0 fully saturated rings. The highest BCUT2D eigenvalue weighted by atomic mass is 35.5. The Balaban J connectivity index is 0.00000312. The largest absolute Gasteiger partial charge is 0.458 e. The summed E-state index contributed by atoms with van der Waals surface area (Å²) in [7, 11) is 1.52. The molecule has 0 saturated carbocycles. The van der Waals surface area contributed by atoms with Gasteiger partial charge in [0, 0.05) is 26.0 Å². The van der Waals surface area contributed by atoms with Crippen molar-refractivity contribution in [3.8, 4) is 11.5 Å². The van der Waals surface area contributed by atoms with E-state index in [-0.39, 0.29) is 43.3 Å². The molecule has 2 amide bonds. The van der Waals surface area contributed by atoms with Crippen LogP contribution in [0, 0.1) is 0 Å². The van der Waals surface area contributed by atoms with E-state index in [0.29, 0.717) is 28.9 Å². The fourth-order valence-corrected chi connectivity index (χ4v) is 2.62. The molecule has 2 aromatic rings. The third-order valence-electron chi connectivity index (χ3n) is 3.19. The van der Waals surface area contributed by atoms with Gasteiger partial charge in [-0.15, -0.1) is 23.7 Å². The molecular formula is C15H21ClN4O4S. The van der Waals surface area contributed by atoms with Gasteiger partial charge in [0.1, 0.15) is 11.5 Å². The number of carbonyl (C=O) groups is 2. The molecule has 2 rings (SSSR count). The van der Waals surface area contributed by atoms with Crippen LogP contribution in [0.4, 0.5) is 5.13 Å². The van der Waals surface area contributed by atoms with Crippen molar-refractivity contribution in [3.63, 3.8) is 0 Å². The number of methoxy groups -OCH3 is 1. The van der Waals surface area contributed by atoms with Crippen LogP contribution in [0.15, 0.2) is 21.9 Å². The minimum Gasteiger partial charge on any atom is -0.458 e. The Morgan fingerprint density at radius 1 is 1.44 bits per heavy atom. The number of nitrogens with one attached hydrogen (secondary N) is 2. The van der Waals surface area contributed by atoms with Crippen LogP contribution in [0.5, 0.6) is 0 Å². The Bertz CT molecular complexity index is 699. The molecule has 0 aliphatic carbocycles. The van der Waals surface area contributed by atoms with Crippen molar-refractivity contribution in [1.82, 2.24) is 10.3 Å². The predicted molar refractivity (Wildman–Crippen MR) is 97.7 cm³/mol. The molecule has 0 aliphatic rings. The zero-order valence-electron chi connectivity index (χ0n) is 13.9. The summed E-state index contributed by atoms with van der Waals surface area (Å²) in [6.07, 6.45) is -0.144. The van der Waals surface area contributed by atoms with Crippen LogP contribution in [-0.2, 0) is 20.9 Å². The monoisotopic (exact) mass is 388 g/mol. The lowest BCUT2D eigenvalue weighted by Crippen LogP contribution is -2.28. The predicted octanol–water partition coefficient (Wildman–Crippen LogP) is 1.76. The minimum atomic E-state index is -0.314. The second-order valence-corrected chi connectivity index (χ2v) is 5.92. The highest BCUT2D eigenvalue weighted by Gasteiger charge is 2.14. The first-order valence-electron chi connectivity index (χ1n) is 7.33. The molecule has 10 heteroatoms. The molecule has 138 valence electrons. The Labute approximate surface area is 155 Å². The molecule has 0 aliphatic heterocycles. The van der Waals surface area contributed by atoms with E-state index >= 15 is 0 Å². The van der Waals surface area contributed by atoms with Crippen LogP contribution in [0.2, 0.25) is 0 Å². The zero-order valence-corrected chi connectivity index (χ0v) is 15.5. The van der Waals surface area contributed by atoms with Gasteiger partial charge in [0.25, 0.3) is 0 Å². The summed E-state index contributed by atoms with van der Waals surface area (Å²) in [5.74, 6) is 0.867. The van der Waals surface area contributed by atoms with Crippen LogP contribution in [-0.4, -0.2) is 36.6 Å². The van der Waals surface area contributed by atoms with Crippen molar-refractivity contribution >= 4 is 40.7 Å². The second-order valence-electron chi connectivity index (χ2n) is 5.06. The molecule has 0 aromatic carbocycles. The first kappa shape index (κ1) is 21.1. The smallest absolute Gasteiger partial charge is 0.228 e. The topological polar surface area (TPSA) is 119 Å². The summed E-state index contributed by atoms with van der Waals surface area (Å²) in [4.78, 5) is 27.1. The molecule has 0 bridgehead atoms. The Kier molecular flexibility index (Phi) is 8.56. The van der Waals surface area contributed by atoms with Crippen molar-refractivity contribution in [2.75, 3.05) is 19.0 Å². The normalized spacial score (nSPS) is 11.5. The molecule has 2 aromatic heterocycles. The van der Waals surface area contributed by atoms with Gasteiger partial charge in [-0.2, -0.15) is 0 Å². The van der Waals surface area contributed by atoms with E-state index in [4.69, 9.17) is 14.9 Å². The summed E-state index contributed by atoms with van der Waals surface area (Å²) in [6.45, 7) is 2.04. The van der Waals surface area contributed by atoms with Crippen molar-refractivity contribution in [2.45, 2.75) is 26.0 Å². The number of carbonyl (C=O) groups excluding carboxylic acids is 2. The van der Waals surface area contributed by atoms with Crippen LogP contribution >= 0.6 is 23.7 Å². The van der Waals surface area contributed by atoms with Gasteiger partial charge in [0.05, 0.1) is 19.1 Å². The average molecular weight is 389 g/mol. The van der Waals surface area contributed by atoms with E-state index in [1.54, 1.807) is 17.5 Å². The summed E-state index contributed by atoms with van der Waals surface area (Å²) >= 11 is 1.30. The van der Waals surface area contributed by atoms with Gasteiger partial charge in [-0.25, -0.2) is 4.98 Å². The standard InChI is InChI=1S/C15H20N4O4S.ClH/c1-9(20)17-7-10-3-4-13(23-10)12-8-24-15(18-12)19-14(21)5-11(6-16)22-2;/h3-4,8,11H,5-7,16H2,1-2H3,(H,17,20)(H,18,19,21);1H. The molecule has 1 unspecified atom stereocenters. The number of amides is 2. The lowest BCUT2D eigenvalue weighted by atomic mass is 10.2. The Morgan fingerprint density at radius 3 is 2.84 bits per heavy atom. The maximum absolute atomic E-state index is 11.9. The van der Waals surface area contributed by atoms with E-state index in [2.05, 4.69) is 15.6 Å². The van der Waals surface area contributed by atoms with Gasteiger partial charge >= 0.3 is 0 Å². The number of thiazole rings is 1. The summed E-state index contributed by atoms with van der Waals surface area (Å²) < 4.78 is 10.7. The number of hydrogen-bond acceptors (Lipinski definition) is 7. The SMILES string of the molecule is COC(CN)CC(=O)Nc1nc(-c2ccc(CNC(C)=O)o2)cs1.Cl. The maximum Gasteiger partial charge on any atom is 0.228 e. The van der Waals surface area contributed by atoms with E-state index < -0.39 is 0 Å². The molecule has 0 saturated heterocycles. The molecule has 1 atom stereocenters. The van der Waals surface area contributed by atoms with Gasteiger partial charge in [-0.05, 0) is 12.1 Å². The number of nitrogens with two attached hydrogens (primary N) is 1. The van der Waals surface area contributed by atoms with Gasteiger partial charge in [-0.1, -0.05) is 0 Å². The fraction of sp³-hybridized carbons (Fsp3) is 0.400. The van der Waals surface area contributed by atoms with Gasteiger partial charge in [0.2, 0.25) is 11.8 Å². The van der Waals surface area contributed by atoms with Crippen molar-refractivity contribution in [1.29, 1.82) is 0 Å². The number of aromatic nitrogens is 1. The Morgan fingerprint density at radius 2 is 2.20 bits per heavy atom. The quantitative estimate of drug-likeness (QED) is 0.633. The lowest BCUT2D eigenvalue weighted by Gasteiger charge is -2.11. The average Bonchev–Trinajstić information content (AvgIpc) is 3.19. The van der Waals surface area contributed by atoms with Gasteiger partial charge in [0.15, 0.2) is 10.9 Å². The van der Waals surface area contributed by atoms with Crippen LogP contribution in [0.25, 0.3) is 11.5 Å². The van der Waals surface area contributed by atoms with Crippen molar-refractivity contribution in [2.24, 2.45) is 5.73 Å². The molecular weight excluding hydrogens is 368 g/mol. The number of hydrogen-bond donors (Lipinski definition) is 3. The van der Waals surface area contributed by atoms with E-state index in [0.717, 1.165) is 0 Å². The number of anilines is 1. The first-order chi connectivity index (χ1) is 11.5. The van der Waals surface area contributed by atoms with Crippen LogP contribution in [0.3, 0.4) is 0 Å². The summed E-state index contributed by atoms with van der Waals surface area (Å²) in [5.41, 5.74) is 6.11. The van der Waals surface area contributed by atoms with Crippen LogP contribution < -0.4 is 16.4 Å². The highest BCUT2D eigenvalue weighted by Crippen LogP contribution is 2.26. The van der Waals surface area contributed by atoms with E-state index in [1.807, 2.05) is 0 Å². The number of ether oxygens (including phenoxy) is 1. The van der Waals surface area contributed by atoms with E-state index in [1.165, 1.54) is 25.4 Å². The molecule has 4 N–H and O–H groups in total. The van der Waals surface area contributed by atoms with Gasteiger partial charge < -0.3 is 25.5 Å². The number of halogens is 1. The van der Waals surface area contributed by atoms with Crippen molar-refractivity contribution < 1.29 is 18.7 Å². The van der Waals surface area contributed by atoms with E-state index in [9.17, 15) is 9.59 Å². The van der Waals surface area contributed by atoms with Crippen molar-refractivity contribution in [3.05, 3.63) is 23.3 Å². The van der Waals surface area contributed by atoms with Gasteiger partial charge in [-0.3, -0.25) is 9.59 Å². The third-order valence-corrected chi connectivity index (χ3v) is 3.94. The van der Waals surface area contributed by atoms with Crippen LogP contribution in [0.1, 0.15) is 19.1 Å². The molecule has 0 radical (unpaired) electrons. The molecule has 0 spiro atoms. The third kappa shape index (κ3) is 6.46. The number of nitrogens with zero attached hydrogens (tertiary/aromatic N) is 1. The molecule has 2 heterocycles. The fourth-order valence-electron chi connectivity index (χ4n) is 1.91. The minimum absolute atomic E-state index is 0. The molecule has 25 heavy (non-hydrogen) atoms. The summed E-state index contributed by atoms with van der Waals surface area (Å²) in [5, 5.41) is 7.63. The maximum atomic E-state index is 11.9. The zero-order chi connectivity index (χ0) is 17.5. The summed E-state index contributed by atoms with van der Waals surface area (Å²) in [6, 6.07) is 3.54.